The van der Waals surface area contributed by atoms with Gasteiger partial charge in [-0.2, -0.15) is 0 Å². The first-order valence-corrected chi connectivity index (χ1v) is 5.61. The van der Waals surface area contributed by atoms with Gasteiger partial charge in [-0.05, 0) is 30.1 Å². The van der Waals surface area contributed by atoms with Crippen molar-refractivity contribution in [2.75, 3.05) is 7.11 Å². The summed E-state index contributed by atoms with van der Waals surface area (Å²) in [7, 11) is 1.67. The first-order valence-electron chi connectivity index (χ1n) is 5.61. The van der Waals surface area contributed by atoms with Gasteiger partial charge in [0.05, 0.1) is 6.10 Å². The second-order valence-corrected chi connectivity index (χ2v) is 4.10. The van der Waals surface area contributed by atoms with Gasteiger partial charge >= 0.3 is 0 Å². The summed E-state index contributed by atoms with van der Waals surface area (Å²) < 4.78 is 5.21. The van der Waals surface area contributed by atoms with E-state index in [2.05, 4.69) is 0 Å². The number of methoxy groups -OCH3 is 1. The Morgan fingerprint density at radius 3 is 2.69 bits per heavy atom. The van der Waals surface area contributed by atoms with Crippen LogP contribution in [0.2, 0.25) is 0 Å². The highest BCUT2D eigenvalue weighted by Crippen LogP contribution is 2.24. The largest absolute Gasteiger partial charge is 0.381 e. The maximum Gasteiger partial charge on any atom is 0.161 e. The lowest BCUT2D eigenvalue weighted by Gasteiger charge is -2.21. The highest BCUT2D eigenvalue weighted by Gasteiger charge is 2.22. The summed E-state index contributed by atoms with van der Waals surface area (Å²) in [6, 6.07) is 9.98. The second kappa shape index (κ2) is 5.08. The number of carbonyl (C=O) groups excluding carboxylic acids is 1. The van der Waals surface area contributed by atoms with Crippen molar-refractivity contribution in [1.29, 1.82) is 0 Å². The van der Waals surface area contributed by atoms with Crippen molar-refractivity contribution in [2.24, 2.45) is 0 Å². The summed E-state index contributed by atoms with van der Waals surface area (Å²) in [5, 5.41) is 0. The van der Waals surface area contributed by atoms with Gasteiger partial charge in [-0.15, -0.1) is 0 Å². The van der Waals surface area contributed by atoms with Gasteiger partial charge in [0.1, 0.15) is 0 Å². The Labute approximate surface area is 95.9 Å². The predicted molar refractivity (Wildman–Crippen MR) is 64.1 cm³/mol. The first kappa shape index (κ1) is 11.1. The molecular weight excluding hydrogens is 200 g/mol. The molecule has 1 unspecified atom stereocenters. The number of rotatable bonds is 2. The third-order valence-corrected chi connectivity index (χ3v) is 2.98. The number of ether oxygens (including phenoxy) is 1. The molecule has 2 nitrogen and oxygen atoms in total. The lowest BCUT2D eigenvalue weighted by atomic mass is 9.90. The summed E-state index contributed by atoms with van der Waals surface area (Å²) in [6.07, 6.45) is 4.40. The Morgan fingerprint density at radius 2 is 2.06 bits per heavy atom. The number of benzene rings is 1. The zero-order valence-corrected chi connectivity index (χ0v) is 9.48. The smallest absolute Gasteiger partial charge is 0.161 e. The standard InChI is InChI=1S/C14H16O2/c1-16-13-8-7-12(14(15)10-13)9-11-5-3-2-4-6-11/h2-6,9,13H,7-8,10H2,1H3. The SMILES string of the molecule is COC1CCC(=Cc2ccccc2)C(=O)C1. The monoisotopic (exact) mass is 216 g/mol. The van der Waals surface area contributed by atoms with E-state index in [0.29, 0.717) is 6.42 Å². The van der Waals surface area contributed by atoms with Crippen LogP contribution in [0.4, 0.5) is 0 Å². The minimum Gasteiger partial charge on any atom is -0.381 e. The highest BCUT2D eigenvalue weighted by molar-refractivity contribution is 6.00. The molecule has 0 N–H and O–H groups in total. The van der Waals surface area contributed by atoms with Crippen molar-refractivity contribution in [3.05, 3.63) is 41.5 Å². The van der Waals surface area contributed by atoms with Gasteiger partial charge < -0.3 is 4.74 Å². The lowest BCUT2D eigenvalue weighted by molar-refractivity contribution is -0.119. The molecule has 84 valence electrons. The second-order valence-electron chi connectivity index (χ2n) is 4.10. The average molecular weight is 216 g/mol. The third kappa shape index (κ3) is 2.58. The van der Waals surface area contributed by atoms with Crippen LogP contribution in [0.15, 0.2) is 35.9 Å². The Kier molecular flexibility index (Phi) is 3.52. The van der Waals surface area contributed by atoms with Crippen molar-refractivity contribution in [2.45, 2.75) is 25.4 Å². The number of hydrogen-bond donors (Lipinski definition) is 0. The van der Waals surface area contributed by atoms with Crippen LogP contribution in [-0.4, -0.2) is 19.0 Å². The molecule has 1 atom stereocenters. The number of carbonyl (C=O) groups is 1. The number of Topliss-reactive ketones (excluding diaryl/α,β-unsaturated/α-hetero) is 1. The molecule has 0 bridgehead atoms. The zero-order chi connectivity index (χ0) is 11.4. The molecular formula is C14H16O2. The van der Waals surface area contributed by atoms with Crippen LogP contribution in [0.5, 0.6) is 0 Å². The van der Waals surface area contributed by atoms with E-state index in [1.807, 2.05) is 36.4 Å². The topological polar surface area (TPSA) is 26.3 Å². The minimum absolute atomic E-state index is 0.112. The summed E-state index contributed by atoms with van der Waals surface area (Å²) in [5.74, 6) is 0.224. The Hall–Kier alpha value is -1.41. The number of allylic oxidation sites excluding steroid dienone is 1. The molecule has 0 saturated heterocycles. The normalized spacial score (nSPS) is 23.7. The van der Waals surface area contributed by atoms with Crippen LogP contribution in [0, 0.1) is 0 Å². The lowest BCUT2D eigenvalue weighted by Crippen LogP contribution is -2.23. The molecule has 1 fully saturated rings. The van der Waals surface area contributed by atoms with Gasteiger partial charge in [-0.3, -0.25) is 4.79 Å². The summed E-state index contributed by atoms with van der Waals surface area (Å²) >= 11 is 0. The van der Waals surface area contributed by atoms with E-state index in [0.717, 1.165) is 24.0 Å². The quantitative estimate of drug-likeness (QED) is 0.710. The zero-order valence-electron chi connectivity index (χ0n) is 9.48. The van der Waals surface area contributed by atoms with Gasteiger partial charge in [0.25, 0.3) is 0 Å². The van der Waals surface area contributed by atoms with Crippen molar-refractivity contribution in [3.63, 3.8) is 0 Å². The molecule has 1 aliphatic rings. The fraction of sp³-hybridized carbons (Fsp3) is 0.357. The Morgan fingerprint density at radius 1 is 1.31 bits per heavy atom. The van der Waals surface area contributed by atoms with E-state index >= 15 is 0 Å². The first-order chi connectivity index (χ1) is 7.79. The van der Waals surface area contributed by atoms with Crippen LogP contribution in [0.1, 0.15) is 24.8 Å². The van der Waals surface area contributed by atoms with Crippen LogP contribution in [-0.2, 0) is 9.53 Å². The number of ketones is 1. The molecule has 1 aromatic rings. The van der Waals surface area contributed by atoms with E-state index in [1.165, 1.54) is 0 Å². The average Bonchev–Trinajstić information content (AvgIpc) is 2.33. The van der Waals surface area contributed by atoms with Gasteiger partial charge in [-0.1, -0.05) is 30.3 Å². The molecule has 0 radical (unpaired) electrons. The maximum atomic E-state index is 11.8. The summed E-state index contributed by atoms with van der Waals surface area (Å²) in [6.45, 7) is 0. The molecule has 0 aliphatic heterocycles. The third-order valence-electron chi connectivity index (χ3n) is 2.98. The molecule has 2 rings (SSSR count). The van der Waals surface area contributed by atoms with Crippen molar-refractivity contribution >= 4 is 11.9 Å². The van der Waals surface area contributed by atoms with E-state index in [1.54, 1.807) is 7.11 Å². The van der Waals surface area contributed by atoms with E-state index in [4.69, 9.17) is 4.74 Å². The predicted octanol–water partition coefficient (Wildman–Crippen LogP) is 2.84. The van der Waals surface area contributed by atoms with Gasteiger partial charge in [0.2, 0.25) is 0 Å². The minimum atomic E-state index is 0.112. The molecule has 0 aromatic heterocycles. The van der Waals surface area contributed by atoms with Gasteiger partial charge in [0, 0.05) is 13.5 Å². The highest BCUT2D eigenvalue weighted by atomic mass is 16.5. The maximum absolute atomic E-state index is 11.8. The van der Waals surface area contributed by atoms with Crippen LogP contribution in [0.25, 0.3) is 6.08 Å². The Bertz CT molecular complexity index is 392. The summed E-state index contributed by atoms with van der Waals surface area (Å²) in [5.41, 5.74) is 2.03. The van der Waals surface area contributed by atoms with Crippen LogP contribution < -0.4 is 0 Å². The number of hydrogen-bond acceptors (Lipinski definition) is 2. The van der Waals surface area contributed by atoms with Gasteiger partial charge in [0.15, 0.2) is 5.78 Å². The summed E-state index contributed by atoms with van der Waals surface area (Å²) in [4.78, 5) is 11.8. The van der Waals surface area contributed by atoms with Crippen molar-refractivity contribution in [3.8, 4) is 0 Å². The molecule has 0 amide bonds. The fourth-order valence-electron chi connectivity index (χ4n) is 2.00. The van der Waals surface area contributed by atoms with Gasteiger partial charge in [-0.25, -0.2) is 0 Å². The molecule has 1 saturated carbocycles. The fourth-order valence-corrected chi connectivity index (χ4v) is 2.00. The molecule has 1 aromatic carbocycles. The molecule has 2 heteroatoms. The molecule has 16 heavy (non-hydrogen) atoms. The van der Waals surface area contributed by atoms with E-state index in [-0.39, 0.29) is 11.9 Å². The van der Waals surface area contributed by atoms with E-state index < -0.39 is 0 Å². The van der Waals surface area contributed by atoms with Crippen molar-refractivity contribution in [1.82, 2.24) is 0 Å². The molecule has 1 aliphatic carbocycles. The molecule has 0 spiro atoms. The van der Waals surface area contributed by atoms with E-state index in [9.17, 15) is 4.79 Å². The van der Waals surface area contributed by atoms with Crippen LogP contribution in [0.3, 0.4) is 0 Å². The Balaban J connectivity index is 2.12. The molecule has 0 heterocycles. The van der Waals surface area contributed by atoms with Crippen molar-refractivity contribution < 1.29 is 9.53 Å². The van der Waals surface area contributed by atoms with Crippen LogP contribution >= 0.6 is 0 Å².